The Balaban J connectivity index is 1.66. The van der Waals surface area contributed by atoms with Crippen LogP contribution in [0.15, 0.2) is 29.1 Å². The highest BCUT2D eigenvalue weighted by molar-refractivity contribution is 6.04. The van der Waals surface area contributed by atoms with E-state index in [2.05, 4.69) is 15.5 Å². The number of carbonyl (C=O) groups is 2. The maximum atomic E-state index is 12.3. The number of nitrogens with one attached hydrogen (secondary N) is 2. The fourth-order valence-electron chi connectivity index (χ4n) is 2.78. The zero-order chi connectivity index (χ0) is 16.2. The average molecular weight is 314 g/mol. The lowest BCUT2D eigenvalue weighted by Crippen LogP contribution is -2.33. The van der Waals surface area contributed by atoms with Crippen molar-refractivity contribution in [2.75, 3.05) is 19.6 Å². The second kappa shape index (κ2) is 6.60. The lowest BCUT2D eigenvalue weighted by Gasteiger charge is -2.15. The summed E-state index contributed by atoms with van der Waals surface area (Å²) in [5.74, 6) is -0.339. The molecule has 1 aliphatic heterocycles. The standard InChI is InChI=1S/C16H18N4O3/c21-13(20-9-3-4-10-20)7-8-17-16(23)14-11-5-1-2-6-12(11)15(22)19-18-14/h1-2,5-6H,3-4,7-10H2,(H,17,23)(H,19,22). The van der Waals surface area contributed by atoms with Gasteiger partial charge in [0.2, 0.25) is 5.91 Å². The maximum Gasteiger partial charge on any atom is 0.272 e. The summed E-state index contributed by atoms with van der Waals surface area (Å²) in [4.78, 5) is 37.7. The molecule has 120 valence electrons. The number of fused-ring (bicyclic) bond motifs is 1. The van der Waals surface area contributed by atoms with Gasteiger partial charge in [-0.2, -0.15) is 5.10 Å². The lowest BCUT2D eigenvalue weighted by molar-refractivity contribution is -0.129. The number of hydrogen-bond acceptors (Lipinski definition) is 4. The summed E-state index contributed by atoms with van der Waals surface area (Å²) < 4.78 is 0. The molecule has 2 N–H and O–H groups in total. The van der Waals surface area contributed by atoms with Crippen molar-refractivity contribution in [2.24, 2.45) is 0 Å². The van der Waals surface area contributed by atoms with E-state index in [1.165, 1.54) is 0 Å². The summed E-state index contributed by atoms with van der Waals surface area (Å²) in [5.41, 5.74) is -0.171. The van der Waals surface area contributed by atoms with Crippen LogP contribution in [0.2, 0.25) is 0 Å². The van der Waals surface area contributed by atoms with Crippen LogP contribution >= 0.6 is 0 Å². The van der Waals surface area contributed by atoms with Gasteiger partial charge in [-0.15, -0.1) is 0 Å². The highest BCUT2D eigenvalue weighted by Gasteiger charge is 2.18. The number of rotatable bonds is 4. The van der Waals surface area contributed by atoms with Gasteiger partial charge in [0.15, 0.2) is 5.69 Å². The number of aromatic amines is 1. The van der Waals surface area contributed by atoms with Crippen molar-refractivity contribution in [1.82, 2.24) is 20.4 Å². The molecule has 7 nitrogen and oxygen atoms in total. The summed E-state index contributed by atoms with van der Waals surface area (Å²) in [6.07, 6.45) is 2.36. The van der Waals surface area contributed by atoms with Crippen molar-refractivity contribution in [3.05, 3.63) is 40.3 Å². The first-order valence-electron chi connectivity index (χ1n) is 7.70. The third-order valence-corrected chi connectivity index (χ3v) is 3.99. The molecule has 2 aromatic rings. The SMILES string of the molecule is O=C(NCCC(=O)N1CCCC1)c1n[nH]c(=O)c2ccccc12. The van der Waals surface area contributed by atoms with Crippen molar-refractivity contribution in [1.29, 1.82) is 0 Å². The van der Waals surface area contributed by atoms with Gasteiger partial charge in [0.1, 0.15) is 0 Å². The Morgan fingerprint density at radius 2 is 1.87 bits per heavy atom. The first-order valence-corrected chi connectivity index (χ1v) is 7.70. The number of carbonyl (C=O) groups excluding carboxylic acids is 2. The Kier molecular flexibility index (Phi) is 4.36. The molecule has 1 saturated heterocycles. The van der Waals surface area contributed by atoms with E-state index in [1.54, 1.807) is 24.3 Å². The molecule has 0 radical (unpaired) electrons. The summed E-state index contributed by atoms with van der Waals surface area (Å²) in [5, 5.41) is 9.77. The first-order chi connectivity index (χ1) is 11.2. The van der Waals surface area contributed by atoms with Crippen LogP contribution in [0.5, 0.6) is 0 Å². The van der Waals surface area contributed by atoms with Crippen molar-refractivity contribution < 1.29 is 9.59 Å². The molecule has 0 atom stereocenters. The molecule has 0 aliphatic carbocycles. The topological polar surface area (TPSA) is 95.2 Å². The van der Waals surface area contributed by atoms with Crippen molar-refractivity contribution in [2.45, 2.75) is 19.3 Å². The van der Waals surface area contributed by atoms with E-state index in [9.17, 15) is 14.4 Å². The maximum absolute atomic E-state index is 12.3. The fourth-order valence-corrected chi connectivity index (χ4v) is 2.78. The molecule has 3 rings (SSSR count). The van der Waals surface area contributed by atoms with E-state index in [0.29, 0.717) is 10.8 Å². The molecule has 0 bridgehead atoms. The predicted octanol–water partition coefficient (Wildman–Crippen LogP) is 0.665. The van der Waals surface area contributed by atoms with E-state index in [4.69, 9.17) is 0 Å². The largest absolute Gasteiger partial charge is 0.350 e. The van der Waals surface area contributed by atoms with Crippen LogP contribution in [0.3, 0.4) is 0 Å². The number of amides is 2. The Labute approximate surface area is 132 Å². The van der Waals surface area contributed by atoms with E-state index in [0.717, 1.165) is 25.9 Å². The number of nitrogens with zero attached hydrogens (tertiary/aromatic N) is 2. The number of likely N-dealkylation sites (tertiary alicyclic amines) is 1. The molecule has 2 amide bonds. The van der Waals surface area contributed by atoms with Gasteiger partial charge >= 0.3 is 0 Å². The van der Waals surface area contributed by atoms with Crippen LogP contribution in [-0.4, -0.2) is 46.5 Å². The fraction of sp³-hybridized carbons (Fsp3) is 0.375. The van der Waals surface area contributed by atoms with Crippen LogP contribution < -0.4 is 10.9 Å². The molecule has 0 unspecified atom stereocenters. The summed E-state index contributed by atoms with van der Waals surface area (Å²) in [6.45, 7) is 1.86. The van der Waals surface area contributed by atoms with Gasteiger partial charge in [-0.3, -0.25) is 14.4 Å². The van der Waals surface area contributed by atoms with Crippen LogP contribution in [0.1, 0.15) is 29.8 Å². The normalized spacial score (nSPS) is 14.2. The average Bonchev–Trinajstić information content (AvgIpc) is 3.10. The summed E-state index contributed by atoms with van der Waals surface area (Å²) >= 11 is 0. The van der Waals surface area contributed by atoms with Gasteiger partial charge in [0.05, 0.1) is 5.39 Å². The zero-order valence-corrected chi connectivity index (χ0v) is 12.7. The molecule has 7 heteroatoms. The summed E-state index contributed by atoms with van der Waals surface area (Å²) in [7, 11) is 0. The summed E-state index contributed by atoms with van der Waals surface area (Å²) in [6, 6.07) is 6.80. The van der Waals surface area contributed by atoms with Crippen LogP contribution in [0, 0.1) is 0 Å². The molecule has 23 heavy (non-hydrogen) atoms. The number of hydrogen-bond donors (Lipinski definition) is 2. The molecular formula is C16H18N4O3. The second-order valence-electron chi connectivity index (χ2n) is 5.54. The highest BCUT2D eigenvalue weighted by atomic mass is 16.2. The zero-order valence-electron chi connectivity index (χ0n) is 12.7. The van der Waals surface area contributed by atoms with Gasteiger partial charge < -0.3 is 10.2 Å². The van der Waals surface area contributed by atoms with Crippen LogP contribution in [-0.2, 0) is 4.79 Å². The minimum absolute atomic E-state index is 0.0575. The number of aromatic nitrogens is 2. The third kappa shape index (κ3) is 3.23. The van der Waals surface area contributed by atoms with Crippen molar-refractivity contribution in [3.63, 3.8) is 0 Å². The smallest absolute Gasteiger partial charge is 0.272 e. The Hall–Kier alpha value is -2.70. The lowest BCUT2D eigenvalue weighted by atomic mass is 10.1. The molecule has 0 saturated carbocycles. The quantitative estimate of drug-likeness (QED) is 0.867. The van der Waals surface area contributed by atoms with Gasteiger partial charge in [-0.05, 0) is 18.9 Å². The minimum Gasteiger partial charge on any atom is -0.350 e. The Morgan fingerprint density at radius 1 is 1.17 bits per heavy atom. The van der Waals surface area contributed by atoms with E-state index < -0.39 is 5.91 Å². The van der Waals surface area contributed by atoms with Crippen molar-refractivity contribution in [3.8, 4) is 0 Å². The van der Waals surface area contributed by atoms with Gasteiger partial charge in [0.25, 0.3) is 11.5 Å². The monoisotopic (exact) mass is 314 g/mol. The highest BCUT2D eigenvalue weighted by Crippen LogP contribution is 2.12. The van der Waals surface area contributed by atoms with Gasteiger partial charge in [0, 0.05) is 31.4 Å². The van der Waals surface area contributed by atoms with Gasteiger partial charge in [-0.25, -0.2) is 5.10 Å². The van der Waals surface area contributed by atoms with E-state index >= 15 is 0 Å². The second-order valence-corrected chi connectivity index (χ2v) is 5.54. The predicted molar refractivity (Wildman–Crippen MR) is 85.1 cm³/mol. The Morgan fingerprint density at radius 3 is 2.61 bits per heavy atom. The first kappa shape index (κ1) is 15.2. The molecule has 2 heterocycles. The number of benzene rings is 1. The minimum atomic E-state index is -0.397. The molecule has 1 fully saturated rings. The van der Waals surface area contributed by atoms with Crippen molar-refractivity contribution >= 4 is 22.6 Å². The van der Waals surface area contributed by atoms with Gasteiger partial charge in [-0.1, -0.05) is 18.2 Å². The Bertz CT molecular complexity index is 793. The third-order valence-electron chi connectivity index (χ3n) is 3.99. The van der Waals surface area contributed by atoms with E-state index in [-0.39, 0.29) is 30.1 Å². The van der Waals surface area contributed by atoms with E-state index in [1.807, 2.05) is 4.90 Å². The van der Waals surface area contributed by atoms with Crippen LogP contribution in [0.4, 0.5) is 0 Å². The molecule has 1 aromatic carbocycles. The molecule has 0 spiro atoms. The molecule has 1 aromatic heterocycles. The van der Waals surface area contributed by atoms with Crippen LogP contribution in [0.25, 0.3) is 10.8 Å². The molecular weight excluding hydrogens is 296 g/mol. The molecule has 1 aliphatic rings. The number of H-pyrrole nitrogens is 1.